The van der Waals surface area contributed by atoms with Gasteiger partial charge < -0.3 is 0 Å². The number of rotatable bonds is 4. The van der Waals surface area contributed by atoms with Crippen molar-refractivity contribution in [3.05, 3.63) is 22.4 Å². The quantitative estimate of drug-likeness (QED) is 0.790. The summed E-state index contributed by atoms with van der Waals surface area (Å²) in [4.78, 5) is 1.11. The molecule has 0 unspecified atom stereocenters. The van der Waals surface area contributed by atoms with E-state index in [1.54, 1.807) is 15.6 Å². The first-order valence-electron chi connectivity index (χ1n) is 4.56. The average molecular weight is 231 g/mol. The zero-order valence-corrected chi connectivity index (χ0v) is 9.64. The van der Waals surface area contributed by atoms with E-state index in [9.17, 15) is 8.42 Å². The fraction of sp³-hybridized carbons (Fsp3) is 0.556. The summed E-state index contributed by atoms with van der Waals surface area (Å²) >= 11 is 1.61. The Labute approximate surface area is 88.4 Å². The van der Waals surface area contributed by atoms with E-state index in [1.807, 2.05) is 17.5 Å². The molecule has 0 saturated heterocycles. The van der Waals surface area contributed by atoms with Gasteiger partial charge in [0.2, 0.25) is 10.0 Å². The molecule has 2 rings (SSSR count). The minimum Gasteiger partial charge on any atom is -0.212 e. The molecule has 0 N–H and O–H groups in total. The lowest BCUT2D eigenvalue weighted by Crippen LogP contribution is -2.31. The lowest BCUT2D eigenvalue weighted by Gasteiger charge is -2.18. The van der Waals surface area contributed by atoms with E-state index >= 15 is 0 Å². The molecular weight excluding hydrogens is 218 g/mol. The summed E-state index contributed by atoms with van der Waals surface area (Å²) in [5, 5.41) is 1.97. The van der Waals surface area contributed by atoms with Gasteiger partial charge in [-0.15, -0.1) is 11.3 Å². The maximum absolute atomic E-state index is 11.5. The van der Waals surface area contributed by atoms with Crippen molar-refractivity contribution < 1.29 is 8.42 Å². The fourth-order valence-electron chi connectivity index (χ4n) is 1.44. The van der Waals surface area contributed by atoms with Gasteiger partial charge in [0.1, 0.15) is 0 Å². The van der Waals surface area contributed by atoms with Crippen LogP contribution in [0.1, 0.15) is 17.7 Å². The average Bonchev–Trinajstić information content (AvgIpc) is 2.77. The molecule has 14 heavy (non-hydrogen) atoms. The minimum absolute atomic E-state index is 0.257. The monoisotopic (exact) mass is 231 g/mol. The van der Waals surface area contributed by atoms with Crippen molar-refractivity contribution in [1.29, 1.82) is 0 Å². The molecular formula is C9H13NO2S2. The standard InChI is InChI=1S/C9H13NO2S2/c1-14(11,12)10(8-4-5-8)7-9-3-2-6-13-9/h2-3,6,8H,4-5,7H2,1H3. The van der Waals surface area contributed by atoms with E-state index in [1.165, 1.54) is 6.26 Å². The van der Waals surface area contributed by atoms with Gasteiger partial charge in [-0.2, -0.15) is 4.31 Å². The summed E-state index contributed by atoms with van der Waals surface area (Å²) in [6, 6.07) is 4.19. The molecule has 1 saturated carbocycles. The van der Waals surface area contributed by atoms with Crippen molar-refractivity contribution in [1.82, 2.24) is 4.31 Å². The molecule has 0 aromatic carbocycles. The van der Waals surface area contributed by atoms with E-state index in [2.05, 4.69) is 0 Å². The van der Waals surface area contributed by atoms with Gasteiger partial charge >= 0.3 is 0 Å². The van der Waals surface area contributed by atoms with Crippen LogP contribution in [0.4, 0.5) is 0 Å². The summed E-state index contributed by atoms with van der Waals surface area (Å²) in [5.41, 5.74) is 0. The molecule has 0 radical (unpaired) electrons. The van der Waals surface area contributed by atoms with Crippen LogP contribution in [0, 0.1) is 0 Å². The highest BCUT2D eigenvalue weighted by atomic mass is 32.2. The Kier molecular flexibility index (Phi) is 2.64. The molecule has 1 aromatic rings. The highest BCUT2D eigenvalue weighted by Gasteiger charge is 2.34. The van der Waals surface area contributed by atoms with E-state index in [-0.39, 0.29) is 6.04 Å². The molecule has 0 bridgehead atoms. The van der Waals surface area contributed by atoms with Crippen molar-refractivity contribution in [3.8, 4) is 0 Å². The van der Waals surface area contributed by atoms with Crippen LogP contribution in [0.2, 0.25) is 0 Å². The largest absolute Gasteiger partial charge is 0.212 e. The van der Waals surface area contributed by atoms with Crippen LogP contribution in [0.25, 0.3) is 0 Å². The molecule has 5 heteroatoms. The Bertz CT molecular complexity index is 392. The van der Waals surface area contributed by atoms with Crippen molar-refractivity contribution >= 4 is 21.4 Å². The van der Waals surface area contributed by atoms with Gasteiger partial charge in [0.25, 0.3) is 0 Å². The molecule has 0 spiro atoms. The first kappa shape index (κ1) is 10.1. The third kappa shape index (κ3) is 2.34. The lowest BCUT2D eigenvalue weighted by molar-refractivity contribution is 0.405. The van der Waals surface area contributed by atoms with Gasteiger partial charge in [0, 0.05) is 17.5 Å². The second-order valence-electron chi connectivity index (χ2n) is 3.62. The number of hydrogen-bond donors (Lipinski definition) is 0. The summed E-state index contributed by atoms with van der Waals surface area (Å²) in [6.07, 6.45) is 3.32. The molecule has 1 aliphatic rings. The number of sulfonamides is 1. The Balaban J connectivity index is 2.13. The molecule has 0 atom stereocenters. The highest BCUT2D eigenvalue weighted by molar-refractivity contribution is 7.88. The van der Waals surface area contributed by atoms with Crippen LogP contribution in [0.5, 0.6) is 0 Å². The minimum atomic E-state index is -3.04. The van der Waals surface area contributed by atoms with Gasteiger partial charge in [-0.05, 0) is 24.3 Å². The van der Waals surface area contributed by atoms with E-state index in [0.29, 0.717) is 6.54 Å². The highest BCUT2D eigenvalue weighted by Crippen LogP contribution is 2.30. The Hall–Kier alpha value is -0.390. The van der Waals surface area contributed by atoms with E-state index in [0.717, 1.165) is 17.7 Å². The molecule has 78 valence electrons. The third-order valence-corrected chi connectivity index (χ3v) is 4.41. The van der Waals surface area contributed by atoms with Gasteiger partial charge in [0.05, 0.1) is 6.26 Å². The molecule has 1 aliphatic carbocycles. The Morgan fingerprint density at radius 2 is 2.29 bits per heavy atom. The molecule has 1 heterocycles. The van der Waals surface area contributed by atoms with Crippen molar-refractivity contribution in [2.24, 2.45) is 0 Å². The van der Waals surface area contributed by atoms with Crippen molar-refractivity contribution in [3.63, 3.8) is 0 Å². The second kappa shape index (κ2) is 3.64. The Morgan fingerprint density at radius 3 is 2.71 bits per heavy atom. The summed E-state index contributed by atoms with van der Waals surface area (Å²) in [6.45, 7) is 0.543. The van der Waals surface area contributed by atoms with Crippen molar-refractivity contribution in [2.45, 2.75) is 25.4 Å². The van der Waals surface area contributed by atoms with Crippen LogP contribution in [0.3, 0.4) is 0 Å². The first-order valence-corrected chi connectivity index (χ1v) is 7.29. The maximum Gasteiger partial charge on any atom is 0.211 e. The first-order chi connectivity index (χ1) is 6.57. The number of hydrogen-bond acceptors (Lipinski definition) is 3. The topological polar surface area (TPSA) is 37.4 Å². The third-order valence-electron chi connectivity index (χ3n) is 2.27. The normalized spacial score (nSPS) is 17.6. The lowest BCUT2D eigenvalue weighted by atomic mass is 10.4. The molecule has 1 fully saturated rings. The van der Waals surface area contributed by atoms with Gasteiger partial charge in [0.15, 0.2) is 0 Å². The summed E-state index contributed by atoms with van der Waals surface area (Å²) < 4.78 is 24.5. The van der Waals surface area contributed by atoms with Crippen LogP contribution in [0.15, 0.2) is 17.5 Å². The van der Waals surface area contributed by atoms with Crippen LogP contribution in [-0.4, -0.2) is 25.0 Å². The number of nitrogens with zero attached hydrogens (tertiary/aromatic N) is 1. The molecule has 1 aromatic heterocycles. The predicted molar refractivity (Wildman–Crippen MR) is 57.7 cm³/mol. The van der Waals surface area contributed by atoms with Crippen LogP contribution in [-0.2, 0) is 16.6 Å². The fourth-order valence-corrected chi connectivity index (χ4v) is 3.35. The van der Waals surface area contributed by atoms with Gasteiger partial charge in [-0.25, -0.2) is 8.42 Å². The summed E-state index contributed by atoms with van der Waals surface area (Å²) in [7, 11) is -3.04. The molecule has 3 nitrogen and oxygen atoms in total. The maximum atomic E-state index is 11.5. The van der Waals surface area contributed by atoms with Crippen LogP contribution >= 0.6 is 11.3 Å². The number of thiophene rings is 1. The Morgan fingerprint density at radius 1 is 1.57 bits per heavy atom. The summed E-state index contributed by atoms with van der Waals surface area (Å²) in [5.74, 6) is 0. The predicted octanol–water partition coefficient (Wildman–Crippen LogP) is 1.67. The van der Waals surface area contributed by atoms with Gasteiger partial charge in [-0.1, -0.05) is 6.07 Å². The second-order valence-corrected chi connectivity index (χ2v) is 6.59. The van der Waals surface area contributed by atoms with Gasteiger partial charge in [-0.3, -0.25) is 0 Å². The van der Waals surface area contributed by atoms with Crippen molar-refractivity contribution in [2.75, 3.05) is 6.26 Å². The smallest absolute Gasteiger partial charge is 0.211 e. The zero-order chi connectivity index (χ0) is 10.2. The van der Waals surface area contributed by atoms with E-state index in [4.69, 9.17) is 0 Å². The van der Waals surface area contributed by atoms with E-state index < -0.39 is 10.0 Å². The molecule has 0 aliphatic heterocycles. The zero-order valence-electron chi connectivity index (χ0n) is 8.01. The van der Waals surface area contributed by atoms with Crippen LogP contribution < -0.4 is 0 Å². The SMILES string of the molecule is CS(=O)(=O)N(Cc1cccs1)C1CC1. The molecule has 0 amide bonds.